The van der Waals surface area contributed by atoms with Crippen LogP contribution >= 0.6 is 0 Å². The van der Waals surface area contributed by atoms with Gasteiger partial charge in [0.1, 0.15) is 24.9 Å². The lowest BCUT2D eigenvalue weighted by Crippen LogP contribution is -2.45. The molecule has 1 rings (SSSR count). The van der Waals surface area contributed by atoms with Gasteiger partial charge in [0.25, 0.3) is 0 Å². The molecule has 1 unspecified atom stereocenters. The molecule has 1 heterocycles. The Morgan fingerprint density at radius 2 is 0.663 bits per heavy atom. The van der Waals surface area contributed by atoms with Crippen LogP contribution in [-0.4, -0.2) is 165 Å². The summed E-state index contributed by atoms with van der Waals surface area (Å²) < 4.78 is 52.9. The summed E-state index contributed by atoms with van der Waals surface area (Å²) in [5.74, 6) is -0.209. The van der Waals surface area contributed by atoms with Crippen molar-refractivity contribution in [3.8, 4) is 0 Å². The van der Waals surface area contributed by atoms with Crippen molar-refractivity contribution in [2.24, 2.45) is 0 Å². The molecular formula is C69H134N2O12. The maximum Gasteiger partial charge on any atom is 0.307 e. The maximum atomic E-state index is 12.9. The molecule has 1 fully saturated rings. The van der Waals surface area contributed by atoms with Gasteiger partial charge in [0.2, 0.25) is 0 Å². The van der Waals surface area contributed by atoms with Crippen LogP contribution in [0.3, 0.4) is 0 Å². The van der Waals surface area contributed by atoms with E-state index in [-0.39, 0.29) is 42.8 Å². The summed E-state index contributed by atoms with van der Waals surface area (Å²) in [6.07, 6.45) is 45.7. The number of likely N-dealkylation sites (N-methyl/N-ethyl adjacent to an activating group) is 1. The molecule has 0 bridgehead atoms. The Bertz CT molecular complexity index is 1340. The van der Waals surface area contributed by atoms with Gasteiger partial charge in [-0.2, -0.15) is 0 Å². The molecule has 0 aliphatic carbocycles. The number of unbranched alkanes of at least 4 members (excludes halogenated alkanes) is 28. The zero-order chi connectivity index (χ0) is 60.0. The molecule has 1 aliphatic rings. The van der Waals surface area contributed by atoms with Crippen LogP contribution in [0.15, 0.2) is 0 Å². The lowest BCUT2D eigenvalue weighted by atomic mass is 10.0. The highest BCUT2D eigenvalue weighted by atomic mass is 16.6. The molecule has 0 N–H and O–H groups in total. The second-order valence-corrected chi connectivity index (χ2v) is 24.1. The van der Waals surface area contributed by atoms with Crippen LogP contribution in [0, 0.1) is 0 Å². The lowest BCUT2D eigenvalue weighted by molar-refractivity contribution is -0.151. The Balaban J connectivity index is 2.41. The third kappa shape index (κ3) is 56.4. The molecule has 1 aliphatic heterocycles. The second kappa shape index (κ2) is 63.1. The van der Waals surface area contributed by atoms with Crippen molar-refractivity contribution in [3.05, 3.63) is 0 Å². The van der Waals surface area contributed by atoms with Crippen LogP contribution in [0.4, 0.5) is 0 Å². The summed E-state index contributed by atoms with van der Waals surface area (Å²) in [4.78, 5) is 42.5. The third-order valence-electron chi connectivity index (χ3n) is 16.1. The van der Waals surface area contributed by atoms with Crippen molar-refractivity contribution in [1.29, 1.82) is 0 Å². The second-order valence-electron chi connectivity index (χ2n) is 24.1. The first-order valence-corrected chi connectivity index (χ1v) is 35.3. The van der Waals surface area contributed by atoms with Crippen LogP contribution < -0.4 is 0 Å². The number of rotatable bonds is 66. The topological polar surface area (TPSA) is 141 Å². The standard InChI is InChI=1S/C69H134N2O12/c1-6-10-14-18-24-32-40-64(41-33-25-19-15-11-7-2)82-68(73)44-36-28-22-30-38-52-78-62-66(63-79-59-58-76-55-54-75-56-57-77-60-61-81-67(72)46-47-71-50-48-70(5)49-51-71)80-53-39-31-23-29-37-45-69(74)83-65(42-34-26-20-16-12-8-3)43-35-27-21-17-13-9-4/h64-66H,6-63H2,1-5H3. The van der Waals surface area contributed by atoms with E-state index < -0.39 is 0 Å². The van der Waals surface area contributed by atoms with Gasteiger partial charge in [-0.1, -0.05) is 195 Å². The third-order valence-corrected chi connectivity index (χ3v) is 16.1. The Hall–Kier alpha value is -1.91. The van der Waals surface area contributed by atoms with Crippen LogP contribution in [0.5, 0.6) is 0 Å². The molecule has 492 valence electrons. The molecule has 0 spiro atoms. The first-order chi connectivity index (χ1) is 40.8. The number of ether oxygens (including phenoxy) is 9. The van der Waals surface area contributed by atoms with Crippen molar-refractivity contribution in [2.75, 3.05) is 119 Å². The molecule has 14 heteroatoms. The van der Waals surface area contributed by atoms with E-state index in [0.29, 0.717) is 91.9 Å². The average molecular weight is 1180 g/mol. The van der Waals surface area contributed by atoms with Crippen LogP contribution in [0.25, 0.3) is 0 Å². The Kier molecular flexibility index (Phi) is 60.2. The number of carbonyl (C=O) groups excluding carboxylic acids is 3. The van der Waals surface area contributed by atoms with Gasteiger partial charge in [-0.15, -0.1) is 0 Å². The monoisotopic (exact) mass is 1180 g/mol. The van der Waals surface area contributed by atoms with Crippen molar-refractivity contribution >= 4 is 17.9 Å². The maximum absolute atomic E-state index is 12.9. The first kappa shape index (κ1) is 79.1. The summed E-state index contributed by atoms with van der Waals surface area (Å²) in [7, 11) is 2.13. The predicted octanol–water partition coefficient (Wildman–Crippen LogP) is 16.1. The molecule has 0 saturated carbocycles. The van der Waals surface area contributed by atoms with E-state index in [0.717, 1.165) is 148 Å². The van der Waals surface area contributed by atoms with Gasteiger partial charge >= 0.3 is 17.9 Å². The van der Waals surface area contributed by atoms with Crippen LogP contribution in [0.1, 0.15) is 291 Å². The molecule has 0 aromatic heterocycles. The lowest BCUT2D eigenvalue weighted by Gasteiger charge is -2.31. The molecular weight excluding hydrogens is 1050 g/mol. The quantitative estimate of drug-likeness (QED) is 0.0324. The molecule has 14 nitrogen and oxygen atoms in total. The fourth-order valence-electron chi connectivity index (χ4n) is 10.6. The van der Waals surface area contributed by atoms with E-state index in [1.807, 2.05) is 0 Å². The van der Waals surface area contributed by atoms with Crippen molar-refractivity contribution in [1.82, 2.24) is 9.80 Å². The van der Waals surface area contributed by atoms with Gasteiger partial charge in [0.15, 0.2) is 0 Å². The molecule has 0 amide bonds. The minimum atomic E-state index is -0.179. The van der Waals surface area contributed by atoms with Gasteiger partial charge < -0.3 is 52.4 Å². The SMILES string of the molecule is CCCCCCCCC(CCCCCCCC)OC(=O)CCCCCCCOCC(COCCOCCOCCOCCOC(=O)CCN1CCN(C)CC1)OCCCCCCCC(=O)OC(CCCCCCCC)CCCCCCCC. The van der Waals surface area contributed by atoms with E-state index in [2.05, 4.69) is 44.5 Å². The van der Waals surface area contributed by atoms with E-state index in [1.165, 1.54) is 128 Å². The average Bonchev–Trinajstić information content (AvgIpc) is 3.48. The fourth-order valence-corrected chi connectivity index (χ4v) is 10.6. The molecule has 1 saturated heterocycles. The summed E-state index contributed by atoms with van der Waals surface area (Å²) >= 11 is 0. The number of carbonyl (C=O) groups is 3. The van der Waals surface area contributed by atoms with Crippen molar-refractivity contribution in [2.45, 2.75) is 309 Å². The summed E-state index contributed by atoms with van der Waals surface area (Å²) in [5.41, 5.74) is 0. The minimum absolute atomic E-state index is 0.0134. The van der Waals surface area contributed by atoms with Crippen molar-refractivity contribution in [3.63, 3.8) is 0 Å². The fraction of sp³-hybridized carbons (Fsp3) is 0.957. The van der Waals surface area contributed by atoms with Gasteiger partial charge in [-0.05, 0) is 84.1 Å². The van der Waals surface area contributed by atoms with Gasteiger partial charge in [0.05, 0.1) is 65.9 Å². The van der Waals surface area contributed by atoms with Gasteiger partial charge in [0, 0.05) is 58.8 Å². The number of hydrogen-bond donors (Lipinski definition) is 0. The first-order valence-electron chi connectivity index (χ1n) is 35.3. The zero-order valence-corrected chi connectivity index (χ0v) is 55.0. The zero-order valence-electron chi connectivity index (χ0n) is 55.0. The highest BCUT2D eigenvalue weighted by Gasteiger charge is 2.18. The molecule has 0 radical (unpaired) electrons. The largest absolute Gasteiger partial charge is 0.463 e. The number of esters is 3. The number of hydrogen-bond acceptors (Lipinski definition) is 14. The van der Waals surface area contributed by atoms with Crippen molar-refractivity contribution < 1.29 is 57.0 Å². The molecule has 83 heavy (non-hydrogen) atoms. The normalized spacial score (nSPS) is 13.6. The van der Waals surface area contributed by atoms with E-state index in [4.69, 9.17) is 42.6 Å². The van der Waals surface area contributed by atoms with Gasteiger partial charge in [-0.25, -0.2) is 0 Å². The minimum Gasteiger partial charge on any atom is -0.463 e. The van der Waals surface area contributed by atoms with E-state index in [9.17, 15) is 14.4 Å². The summed E-state index contributed by atoms with van der Waals surface area (Å²) in [6.45, 7) is 19.3. The highest BCUT2D eigenvalue weighted by Crippen LogP contribution is 2.21. The highest BCUT2D eigenvalue weighted by molar-refractivity contribution is 5.70. The Labute approximate surface area is 511 Å². The van der Waals surface area contributed by atoms with E-state index in [1.54, 1.807) is 0 Å². The van der Waals surface area contributed by atoms with Crippen LogP contribution in [-0.2, 0) is 57.0 Å². The smallest absolute Gasteiger partial charge is 0.307 e. The number of piperazine rings is 1. The number of nitrogens with zero attached hydrogens (tertiary/aromatic N) is 2. The van der Waals surface area contributed by atoms with Crippen LogP contribution in [0.2, 0.25) is 0 Å². The Morgan fingerprint density at radius 1 is 0.325 bits per heavy atom. The molecule has 1 atom stereocenters. The van der Waals surface area contributed by atoms with E-state index >= 15 is 0 Å². The Morgan fingerprint density at radius 3 is 1.08 bits per heavy atom. The van der Waals surface area contributed by atoms with Gasteiger partial charge in [-0.3, -0.25) is 14.4 Å². The summed E-state index contributed by atoms with van der Waals surface area (Å²) in [6, 6.07) is 0. The molecule has 0 aromatic carbocycles. The summed E-state index contributed by atoms with van der Waals surface area (Å²) in [5, 5.41) is 0. The molecule has 0 aromatic rings. The predicted molar refractivity (Wildman–Crippen MR) is 340 cm³/mol.